The van der Waals surface area contributed by atoms with Gasteiger partial charge in [0.1, 0.15) is 16.4 Å². The van der Waals surface area contributed by atoms with Crippen molar-refractivity contribution >= 4 is 29.6 Å². The van der Waals surface area contributed by atoms with Crippen LogP contribution in [0, 0.1) is 6.92 Å². The van der Waals surface area contributed by atoms with Gasteiger partial charge in [0.25, 0.3) is 0 Å². The van der Waals surface area contributed by atoms with Gasteiger partial charge in [-0.3, -0.25) is 0 Å². The van der Waals surface area contributed by atoms with Crippen LogP contribution in [-0.4, -0.2) is 53.2 Å². The normalized spacial score (nSPS) is 22.4. The van der Waals surface area contributed by atoms with Crippen LogP contribution in [0.1, 0.15) is 18.4 Å². The maximum absolute atomic E-state index is 11.9. The number of aromatic nitrogens is 2. The minimum absolute atomic E-state index is 0.252. The first-order chi connectivity index (χ1) is 12.9. The summed E-state index contributed by atoms with van der Waals surface area (Å²) >= 11 is 1.56. The van der Waals surface area contributed by atoms with E-state index < -0.39 is 5.60 Å². The van der Waals surface area contributed by atoms with Crippen molar-refractivity contribution in [3.05, 3.63) is 35.9 Å². The zero-order valence-corrected chi connectivity index (χ0v) is 16.3. The minimum atomic E-state index is -0.464. The molecule has 1 amide bonds. The Balaban J connectivity index is 1.55. The van der Waals surface area contributed by atoms with Crippen molar-refractivity contribution in [1.82, 2.24) is 14.9 Å². The van der Waals surface area contributed by atoms with Crippen molar-refractivity contribution in [1.29, 1.82) is 0 Å². The van der Waals surface area contributed by atoms with Crippen LogP contribution in [0.15, 0.2) is 40.3 Å². The number of rotatable bonds is 3. The van der Waals surface area contributed by atoms with Gasteiger partial charge >= 0.3 is 6.09 Å². The molecule has 2 aromatic rings. The number of benzene rings is 1. The summed E-state index contributed by atoms with van der Waals surface area (Å²) in [5.74, 6) is 1.03. The number of hydrogen-bond acceptors (Lipinski definition) is 7. The van der Waals surface area contributed by atoms with E-state index in [1.165, 1.54) is 5.56 Å². The molecule has 0 saturated carbocycles. The molecular weight excluding hydrogens is 362 g/mol. The number of aryl methyl sites for hydroxylation is 1. The first kappa shape index (κ1) is 17.9. The van der Waals surface area contributed by atoms with E-state index in [1.807, 2.05) is 6.07 Å². The van der Waals surface area contributed by atoms with Crippen molar-refractivity contribution < 1.29 is 9.53 Å². The van der Waals surface area contributed by atoms with Gasteiger partial charge in [0, 0.05) is 24.6 Å². The van der Waals surface area contributed by atoms with E-state index in [2.05, 4.69) is 46.1 Å². The number of hydrogen-bond donors (Lipinski definition) is 1. The molecule has 1 atom stereocenters. The van der Waals surface area contributed by atoms with Crippen molar-refractivity contribution in [2.75, 3.05) is 37.3 Å². The second-order valence-electron chi connectivity index (χ2n) is 7.27. The van der Waals surface area contributed by atoms with Crippen LogP contribution in [0.4, 0.5) is 16.6 Å². The van der Waals surface area contributed by atoms with Crippen molar-refractivity contribution in [3.8, 4) is 0 Å². The number of nitrogen functional groups attached to an aromatic ring is 1. The molecule has 1 aromatic carbocycles. The average Bonchev–Trinajstić information content (AvgIpc) is 2.89. The molecule has 27 heavy (non-hydrogen) atoms. The Morgan fingerprint density at radius 2 is 2.00 bits per heavy atom. The molecule has 2 N–H and O–H groups in total. The lowest BCUT2D eigenvalue weighted by Crippen LogP contribution is -2.51. The third kappa shape index (κ3) is 3.80. The quantitative estimate of drug-likeness (QED) is 0.813. The zero-order chi connectivity index (χ0) is 19.0. The van der Waals surface area contributed by atoms with Gasteiger partial charge in [-0.25, -0.2) is 9.78 Å². The van der Waals surface area contributed by atoms with Gasteiger partial charge in [0.15, 0.2) is 0 Å². The summed E-state index contributed by atoms with van der Waals surface area (Å²) in [6.45, 7) is 4.14. The second-order valence-corrected chi connectivity index (χ2v) is 8.36. The molecule has 142 valence electrons. The predicted molar refractivity (Wildman–Crippen MR) is 105 cm³/mol. The smallest absolute Gasteiger partial charge is 0.410 e. The summed E-state index contributed by atoms with van der Waals surface area (Å²) < 4.78 is 5.69. The van der Waals surface area contributed by atoms with E-state index >= 15 is 0 Å². The molecule has 7 nitrogen and oxygen atoms in total. The standard InChI is InChI=1S/C19H23N5O2S/c1-13-4-6-14(7-5-13)27-16-10-15(21-17(20)22-16)24-9-3-8-19(12-24)11-23(2)18(25)26-19/h4-7,10H,3,8-9,11-12H2,1-2H3,(H2,20,21,22)/t19-/m1/s1. The lowest BCUT2D eigenvalue weighted by molar-refractivity contribution is 0.0445. The predicted octanol–water partition coefficient (Wildman–Crippen LogP) is 2.94. The summed E-state index contributed by atoms with van der Waals surface area (Å²) in [6.07, 6.45) is 1.55. The largest absolute Gasteiger partial charge is 0.439 e. The van der Waals surface area contributed by atoms with E-state index in [9.17, 15) is 4.79 Å². The van der Waals surface area contributed by atoms with E-state index in [1.54, 1.807) is 23.7 Å². The monoisotopic (exact) mass is 385 g/mol. The Kier molecular flexibility index (Phi) is 4.59. The van der Waals surface area contributed by atoms with Crippen molar-refractivity contribution in [2.45, 2.75) is 35.3 Å². The van der Waals surface area contributed by atoms with E-state index in [4.69, 9.17) is 10.5 Å². The number of anilines is 2. The van der Waals surface area contributed by atoms with E-state index in [0.717, 1.165) is 35.1 Å². The molecule has 3 heterocycles. The summed E-state index contributed by atoms with van der Waals surface area (Å²) in [4.78, 5) is 25.5. The summed E-state index contributed by atoms with van der Waals surface area (Å²) in [5.41, 5.74) is 6.73. The second kappa shape index (κ2) is 6.92. The number of amides is 1. The number of piperidine rings is 1. The van der Waals surface area contributed by atoms with Gasteiger partial charge in [0.2, 0.25) is 5.95 Å². The first-order valence-electron chi connectivity index (χ1n) is 9.01. The molecular formula is C19H23N5O2S. The number of ether oxygens (including phenoxy) is 1. The Morgan fingerprint density at radius 3 is 2.70 bits per heavy atom. The van der Waals surface area contributed by atoms with Gasteiger partial charge < -0.3 is 20.3 Å². The highest BCUT2D eigenvalue weighted by molar-refractivity contribution is 7.99. The number of likely N-dealkylation sites (N-methyl/N-ethyl adjacent to an activating group) is 1. The van der Waals surface area contributed by atoms with Crippen LogP contribution in [0.3, 0.4) is 0 Å². The number of nitrogens with two attached hydrogens (primary N) is 1. The van der Waals surface area contributed by atoms with Gasteiger partial charge in [-0.15, -0.1) is 0 Å². The molecule has 4 rings (SSSR count). The van der Waals surface area contributed by atoms with Crippen molar-refractivity contribution in [3.63, 3.8) is 0 Å². The van der Waals surface area contributed by atoms with Crippen LogP contribution >= 0.6 is 11.8 Å². The van der Waals surface area contributed by atoms with Gasteiger partial charge in [-0.1, -0.05) is 29.5 Å². The average molecular weight is 385 g/mol. The fourth-order valence-corrected chi connectivity index (χ4v) is 4.49. The molecule has 0 radical (unpaired) electrons. The van der Waals surface area contributed by atoms with Gasteiger partial charge in [-0.2, -0.15) is 4.98 Å². The SMILES string of the molecule is Cc1ccc(Sc2cc(N3CCC[C@@]4(CN(C)C(=O)O4)C3)nc(N)n2)cc1. The van der Waals surface area contributed by atoms with Gasteiger partial charge in [-0.05, 0) is 31.9 Å². The highest BCUT2D eigenvalue weighted by Gasteiger charge is 2.46. The van der Waals surface area contributed by atoms with Crippen molar-refractivity contribution in [2.24, 2.45) is 0 Å². The molecule has 0 bridgehead atoms. The minimum Gasteiger partial charge on any atom is -0.439 e. The lowest BCUT2D eigenvalue weighted by Gasteiger charge is -2.39. The Bertz CT molecular complexity index is 860. The van der Waals surface area contributed by atoms with E-state index in [-0.39, 0.29) is 12.0 Å². The molecule has 2 aliphatic heterocycles. The van der Waals surface area contributed by atoms with Crippen LogP contribution in [0.2, 0.25) is 0 Å². The number of nitrogens with zero attached hydrogens (tertiary/aromatic N) is 4. The molecule has 8 heteroatoms. The summed E-state index contributed by atoms with van der Waals surface area (Å²) in [6, 6.07) is 10.3. The first-order valence-corrected chi connectivity index (χ1v) is 9.82. The van der Waals surface area contributed by atoms with Crippen LogP contribution < -0.4 is 10.6 Å². The molecule has 2 fully saturated rings. The highest BCUT2D eigenvalue weighted by atomic mass is 32.2. The maximum atomic E-state index is 11.9. The molecule has 0 unspecified atom stereocenters. The third-order valence-corrected chi connectivity index (χ3v) is 5.88. The number of carbonyl (C=O) groups is 1. The molecule has 1 aromatic heterocycles. The zero-order valence-electron chi connectivity index (χ0n) is 15.5. The fraction of sp³-hybridized carbons (Fsp3) is 0.421. The Labute approximate surface area is 162 Å². The molecule has 2 saturated heterocycles. The summed E-state index contributed by atoms with van der Waals surface area (Å²) in [7, 11) is 1.77. The third-order valence-electron chi connectivity index (χ3n) is 4.95. The molecule has 2 aliphatic rings. The highest BCUT2D eigenvalue weighted by Crippen LogP contribution is 2.35. The fourth-order valence-electron chi connectivity index (χ4n) is 3.67. The summed E-state index contributed by atoms with van der Waals surface area (Å²) in [5, 5.41) is 0.807. The Hall–Kier alpha value is -2.48. The van der Waals surface area contributed by atoms with Crippen LogP contribution in [-0.2, 0) is 4.74 Å². The van der Waals surface area contributed by atoms with Gasteiger partial charge in [0.05, 0.1) is 13.1 Å². The van der Waals surface area contributed by atoms with Crippen LogP contribution in [0.25, 0.3) is 0 Å². The van der Waals surface area contributed by atoms with E-state index in [0.29, 0.717) is 13.1 Å². The lowest BCUT2D eigenvalue weighted by atomic mass is 9.93. The topological polar surface area (TPSA) is 84.6 Å². The number of carbonyl (C=O) groups excluding carboxylic acids is 1. The maximum Gasteiger partial charge on any atom is 0.410 e. The Morgan fingerprint density at radius 1 is 1.22 bits per heavy atom. The van der Waals surface area contributed by atoms with Crippen LogP contribution in [0.5, 0.6) is 0 Å². The molecule has 1 spiro atoms. The molecule has 0 aliphatic carbocycles.